The summed E-state index contributed by atoms with van der Waals surface area (Å²) >= 11 is 0. The first-order chi connectivity index (χ1) is 10.6. The Labute approximate surface area is 146 Å². The van der Waals surface area contributed by atoms with E-state index in [1.165, 1.54) is 6.42 Å². The first kappa shape index (κ1) is 20.2. The van der Waals surface area contributed by atoms with Gasteiger partial charge in [-0.3, -0.25) is 9.59 Å². The molecule has 2 unspecified atom stereocenters. The number of likely N-dealkylation sites (tertiary alicyclic amines) is 1. The minimum Gasteiger partial charge on any atom is -0.353 e. The highest BCUT2D eigenvalue weighted by Crippen LogP contribution is 2.23. The van der Waals surface area contributed by atoms with Gasteiger partial charge in [-0.25, -0.2) is 0 Å². The molecule has 1 saturated heterocycles. The predicted molar refractivity (Wildman–Crippen MR) is 94.7 cm³/mol. The summed E-state index contributed by atoms with van der Waals surface area (Å²) in [6, 6.07) is 0.335. The Kier molecular flexibility index (Phi) is 8.92. The van der Waals surface area contributed by atoms with Crippen LogP contribution >= 0.6 is 12.4 Å². The van der Waals surface area contributed by atoms with Gasteiger partial charge in [0.2, 0.25) is 11.8 Å². The van der Waals surface area contributed by atoms with Gasteiger partial charge in [0.15, 0.2) is 0 Å². The fourth-order valence-corrected chi connectivity index (χ4v) is 3.61. The average molecular weight is 346 g/mol. The Morgan fingerprint density at radius 1 is 1.13 bits per heavy atom. The third kappa shape index (κ3) is 6.30. The lowest BCUT2D eigenvalue weighted by atomic mass is 9.88. The third-order valence-corrected chi connectivity index (χ3v) is 5.03. The number of carbonyl (C=O) groups excluding carboxylic acids is 2. The zero-order valence-electron chi connectivity index (χ0n) is 14.5. The molecule has 0 radical (unpaired) electrons. The van der Waals surface area contributed by atoms with Crippen LogP contribution in [-0.2, 0) is 9.59 Å². The average Bonchev–Trinajstić information content (AvgIpc) is 2.55. The van der Waals surface area contributed by atoms with E-state index in [1.54, 1.807) is 0 Å². The second kappa shape index (κ2) is 10.1. The summed E-state index contributed by atoms with van der Waals surface area (Å²) in [4.78, 5) is 26.5. The maximum absolute atomic E-state index is 12.4. The zero-order chi connectivity index (χ0) is 15.9. The maximum Gasteiger partial charge on any atom is 0.224 e. The topological polar surface area (TPSA) is 61.4 Å². The smallest absolute Gasteiger partial charge is 0.224 e. The molecule has 2 aliphatic rings. The van der Waals surface area contributed by atoms with Crippen molar-refractivity contribution in [3.05, 3.63) is 0 Å². The van der Waals surface area contributed by atoms with Gasteiger partial charge in [-0.05, 0) is 39.7 Å². The molecule has 2 rings (SSSR count). The van der Waals surface area contributed by atoms with E-state index in [0.717, 1.165) is 51.6 Å². The van der Waals surface area contributed by atoms with Gasteiger partial charge in [-0.2, -0.15) is 0 Å². The molecule has 2 amide bonds. The van der Waals surface area contributed by atoms with E-state index >= 15 is 0 Å². The lowest BCUT2D eigenvalue weighted by molar-refractivity contribution is -0.133. The van der Waals surface area contributed by atoms with Crippen molar-refractivity contribution in [1.82, 2.24) is 15.5 Å². The van der Waals surface area contributed by atoms with Crippen molar-refractivity contribution in [3.63, 3.8) is 0 Å². The zero-order valence-corrected chi connectivity index (χ0v) is 15.3. The fourth-order valence-electron chi connectivity index (χ4n) is 3.61. The number of amides is 2. The molecule has 0 aromatic rings. The summed E-state index contributed by atoms with van der Waals surface area (Å²) in [7, 11) is 1.95. The molecule has 1 aliphatic carbocycles. The van der Waals surface area contributed by atoms with Gasteiger partial charge in [0.25, 0.3) is 0 Å². The number of halogens is 1. The van der Waals surface area contributed by atoms with Crippen molar-refractivity contribution in [2.45, 2.75) is 70.4 Å². The number of nitrogens with one attached hydrogen (secondary N) is 2. The summed E-state index contributed by atoms with van der Waals surface area (Å²) in [6.07, 6.45) is 8.17. The van der Waals surface area contributed by atoms with Gasteiger partial charge >= 0.3 is 0 Å². The SMILES string of the molecule is CNC1CCCN(C(=O)CC(C)NC(=O)C2CCCCC2)C1.Cl. The quantitative estimate of drug-likeness (QED) is 0.802. The molecule has 1 aliphatic heterocycles. The molecule has 2 fully saturated rings. The monoisotopic (exact) mass is 345 g/mol. The molecule has 0 bridgehead atoms. The Balaban J connectivity index is 0.00000264. The number of carbonyl (C=O) groups is 2. The highest BCUT2D eigenvalue weighted by molar-refractivity contribution is 5.85. The minimum atomic E-state index is -0.0723. The summed E-state index contributed by atoms with van der Waals surface area (Å²) in [5.41, 5.74) is 0. The number of rotatable bonds is 5. The molecule has 134 valence electrons. The van der Waals surface area contributed by atoms with E-state index in [1.807, 2.05) is 18.9 Å². The highest BCUT2D eigenvalue weighted by Gasteiger charge is 2.26. The van der Waals surface area contributed by atoms with Crippen LogP contribution in [0.5, 0.6) is 0 Å². The summed E-state index contributed by atoms with van der Waals surface area (Å²) < 4.78 is 0. The van der Waals surface area contributed by atoms with Crippen molar-refractivity contribution in [3.8, 4) is 0 Å². The van der Waals surface area contributed by atoms with Crippen LogP contribution in [0.2, 0.25) is 0 Å². The molecule has 2 atom stereocenters. The lowest BCUT2D eigenvalue weighted by Gasteiger charge is -2.33. The van der Waals surface area contributed by atoms with E-state index < -0.39 is 0 Å². The number of hydrogen-bond donors (Lipinski definition) is 2. The summed E-state index contributed by atoms with van der Waals surface area (Å²) in [6.45, 7) is 3.58. The largest absolute Gasteiger partial charge is 0.353 e. The van der Waals surface area contributed by atoms with Crippen molar-refractivity contribution in [1.29, 1.82) is 0 Å². The minimum absolute atomic E-state index is 0. The van der Waals surface area contributed by atoms with E-state index in [2.05, 4.69) is 10.6 Å². The van der Waals surface area contributed by atoms with E-state index in [4.69, 9.17) is 0 Å². The van der Waals surface area contributed by atoms with Crippen LogP contribution in [-0.4, -0.2) is 48.9 Å². The third-order valence-electron chi connectivity index (χ3n) is 5.03. The molecule has 5 nitrogen and oxygen atoms in total. The van der Waals surface area contributed by atoms with Crippen LogP contribution in [0.3, 0.4) is 0 Å². The number of nitrogens with zero attached hydrogens (tertiary/aromatic N) is 1. The van der Waals surface area contributed by atoms with E-state index in [0.29, 0.717) is 12.5 Å². The van der Waals surface area contributed by atoms with Crippen LogP contribution in [0, 0.1) is 5.92 Å². The molecular weight excluding hydrogens is 314 g/mol. The molecule has 6 heteroatoms. The van der Waals surface area contributed by atoms with Gasteiger partial charge in [-0.15, -0.1) is 12.4 Å². The predicted octanol–water partition coefficient (Wildman–Crippen LogP) is 2.09. The van der Waals surface area contributed by atoms with E-state index in [-0.39, 0.29) is 36.2 Å². The van der Waals surface area contributed by atoms with Gasteiger partial charge < -0.3 is 15.5 Å². The second-order valence-corrected chi connectivity index (χ2v) is 6.92. The normalized spacial score (nSPS) is 23.7. The Hall–Kier alpha value is -0.810. The van der Waals surface area contributed by atoms with Gasteiger partial charge in [0, 0.05) is 37.5 Å². The fraction of sp³-hybridized carbons (Fsp3) is 0.882. The highest BCUT2D eigenvalue weighted by atomic mass is 35.5. The number of piperidine rings is 1. The van der Waals surface area contributed by atoms with Crippen molar-refractivity contribution in [2.75, 3.05) is 20.1 Å². The Morgan fingerprint density at radius 2 is 1.83 bits per heavy atom. The summed E-state index contributed by atoms with van der Waals surface area (Å²) in [5, 5.41) is 6.30. The lowest BCUT2D eigenvalue weighted by Crippen LogP contribution is -2.48. The van der Waals surface area contributed by atoms with Crippen molar-refractivity contribution >= 4 is 24.2 Å². The molecule has 1 heterocycles. The molecule has 0 spiro atoms. The maximum atomic E-state index is 12.4. The number of hydrogen-bond acceptors (Lipinski definition) is 3. The molecule has 23 heavy (non-hydrogen) atoms. The Bertz CT molecular complexity index is 386. The van der Waals surface area contributed by atoms with Crippen molar-refractivity contribution in [2.24, 2.45) is 5.92 Å². The molecule has 0 aromatic heterocycles. The van der Waals surface area contributed by atoms with Gasteiger partial charge in [0.1, 0.15) is 0 Å². The van der Waals surface area contributed by atoms with Gasteiger partial charge in [-0.1, -0.05) is 19.3 Å². The molecule has 1 saturated carbocycles. The van der Waals surface area contributed by atoms with Crippen LogP contribution in [0.4, 0.5) is 0 Å². The molecule has 0 aromatic carbocycles. The first-order valence-corrected chi connectivity index (χ1v) is 8.85. The van der Waals surface area contributed by atoms with Crippen LogP contribution < -0.4 is 10.6 Å². The molecular formula is C17H32ClN3O2. The standard InChI is InChI=1S/C17H31N3O2.ClH/c1-13(19-17(22)14-7-4-3-5-8-14)11-16(21)20-10-6-9-15(12-20)18-2;/h13-15,18H,3-12H2,1-2H3,(H,19,22);1H. The van der Waals surface area contributed by atoms with Crippen LogP contribution in [0.25, 0.3) is 0 Å². The molecule has 2 N–H and O–H groups in total. The van der Waals surface area contributed by atoms with E-state index in [9.17, 15) is 9.59 Å². The number of likely N-dealkylation sites (N-methyl/N-ethyl adjacent to an activating group) is 1. The van der Waals surface area contributed by atoms with Crippen LogP contribution in [0.1, 0.15) is 58.3 Å². The Morgan fingerprint density at radius 3 is 2.48 bits per heavy atom. The van der Waals surface area contributed by atoms with Crippen LogP contribution in [0.15, 0.2) is 0 Å². The van der Waals surface area contributed by atoms with Gasteiger partial charge in [0.05, 0.1) is 0 Å². The van der Waals surface area contributed by atoms with Crippen molar-refractivity contribution < 1.29 is 9.59 Å². The first-order valence-electron chi connectivity index (χ1n) is 8.85. The second-order valence-electron chi connectivity index (χ2n) is 6.92. The summed E-state index contributed by atoms with van der Waals surface area (Å²) in [5.74, 6) is 0.470.